The van der Waals surface area contributed by atoms with Gasteiger partial charge in [0.25, 0.3) is 0 Å². The summed E-state index contributed by atoms with van der Waals surface area (Å²) >= 11 is 3.17. The third-order valence-corrected chi connectivity index (χ3v) is 3.23. The van der Waals surface area contributed by atoms with E-state index in [1.54, 1.807) is 12.1 Å². The molecule has 0 spiro atoms. The Kier molecular flexibility index (Phi) is 4.70. The molecule has 6 heteroatoms. The van der Waals surface area contributed by atoms with Crippen molar-refractivity contribution in [2.45, 2.75) is 6.42 Å². The van der Waals surface area contributed by atoms with Crippen LogP contribution in [0, 0.1) is 5.82 Å². The monoisotopic (exact) mass is 351 g/mol. The lowest BCUT2D eigenvalue weighted by molar-refractivity contribution is -0.115. The lowest BCUT2D eigenvalue weighted by Crippen LogP contribution is -2.16. The maximum absolute atomic E-state index is 13.0. The van der Waals surface area contributed by atoms with E-state index < -0.39 is 17.7 Å². The van der Waals surface area contributed by atoms with Crippen LogP contribution in [0.2, 0.25) is 0 Å². The van der Waals surface area contributed by atoms with E-state index in [1.807, 2.05) is 0 Å². The van der Waals surface area contributed by atoms with E-state index in [0.717, 1.165) is 0 Å². The highest BCUT2D eigenvalue weighted by Gasteiger charge is 2.13. The minimum absolute atomic E-state index is 0.0167. The number of amides is 1. The molecule has 2 N–H and O–H groups in total. The normalized spacial score (nSPS) is 10.2. The summed E-state index contributed by atoms with van der Waals surface area (Å²) in [7, 11) is 0. The fourth-order valence-corrected chi connectivity index (χ4v) is 2.19. The van der Waals surface area contributed by atoms with Gasteiger partial charge in [-0.25, -0.2) is 9.18 Å². The smallest absolute Gasteiger partial charge is 0.337 e. The summed E-state index contributed by atoms with van der Waals surface area (Å²) in [6, 6.07) is 10.2. The second-order valence-corrected chi connectivity index (χ2v) is 5.27. The number of rotatable bonds is 4. The largest absolute Gasteiger partial charge is 0.478 e. The van der Waals surface area contributed by atoms with E-state index >= 15 is 0 Å². The van der Waals surface area contributed by atoms with Crippen molar-refractivity contribution < 1.29 is 19.1 Å². The zero-order valence-electron chi connectivity index (χ0n) is 10.8. The molecular weight excluding hydrogens is 341 g/mol. The fraction of sp³-hybridized carbons (Fsp3) is 0.0667. The van der Waals surface area contributed by atoms with Gasteiger partial charge in [-0.05, 0) is 35.9 Å². The van der Waals surface area contributed by atoms with Crippen molar-refractivity contribution >= 4 is 33.5 Å². The molecular formula is C15H11BrFNO3. The minimum atomic E-state index is -1.14. The van der Waals surface area contributed by atoms with Gasteiger partial charge in [-0.15, -0.1) is 0 Å². The highest BCUT2D eigenvalue weighted by Crippen LogP contribution is 2.21. The van der Waals surface area contributed by atoms with E-state index in [4.69, 9.17) is 5.11 Å². The summed E-state index contributed by atoms with van der Waals surface area (Å²) in [6.07, 6.45) is -0.0348. The van der Waals surface area contributed by atoms with Gasteiger partial charge in [0.2, 0.25) is 5.91 Å². The van der Waals surface area contributed by atoms with E-state index in [-0.39, 0.29) is 17.7 Å². The Bertz CT molecular complexity index is 703. The first-order valence-corrected chi connectivity index (χ1v) is 6.82. The molecule has 0 fully saturated rings. The number of carbonyl (C=O) groups is 2. The van der Waals surface area contributed by atoms with Gasteiger partial charge in [0.15, 0.2) is 0 Å². The van der Waals surface area contributed by atoms with Crippen molar-refractivity contribution in [2.75, 3.05) is 5.32 Å². The summed E-state index contributed by atoms with van der Waals surface area (Å²) in [4.78, 5) is 23.1. The molecule has 21 heavy (non-hydrogen) atoms. The fourth-order valence-electron chi connectivity index (χ4n) is 1.83. The number of halogens is 2. The summed E-state index contributed by atoms with van der Waals surface area (Å²) in [5.41, 5.74) is 0.700. The summed E-state index contributed by atoms with van der Waals surface area (Å²) in [5.74, 6) is -1.97. The van der Waals surface area contributed by atoms with Gasteiger partial charge in [-0.3, -0.25) is 4.79 Å². The van der Waals surface area contributed by atoms with E-state index in [1.165, 1.54) is 30.3 Å². The third-order valence-electron chi connectivity index (χ3n) is 2.74. The van der Waals surface area contributed by atoms with Gasteiger partial charge < -0.3 is 10.4 Å². The minimum Gasteiger partial charge on any atom is -0.478 e. The Morgan fingerprint density at radius 2 is 1.95 bits per heavy atom. The van der Waals surface area contributed by atoms with Crippen LogP contribution < -0.4 is 5.32 Å². The molecule has 0 aliphatic heterocycles. The number of hydrogen-bond donors (Lipinski definition) is 2. The van der Waals surface area contributed by atoms with Gasteiger partial charge in [-0.1, -0.05) is 28.1 Å². The first kappa shape index (κ1) is 15.2. The van der Waals surface area contributed by atoms with E-state index in [0.29, 0.717) is 10.0 Å². The van der Waals surface area contributed by atoms with Crippen molar-refractivity contribution in [3.8, 4) is 0 Å². The van der Waals surface area contributed by atoms with Crippen molar-refractivity contribution in [3.05, 3.63) is 63.9 Å². The van der Waals surface area contributed by atoms with Crippen molar-refractivity contribution in [2.24, 2.45) is 0 Å². The number of benzene rings is 2. The lowest BCUT2D eigenvalue weighted by Gasteiger charge is -2.09. The highest BCUT2D eigenvalue weighted by atomic mass is 79.9. The topological polar surface area (TPSA) is 66.4 Å². The lowest BCUT2D eigenvalue weighted by atomic mass is 10.1. The van der Waals surface area contributed by atoms with Crippen LogP contribution in [0.3, 0.4) is 0 Å². The average Bonchev–Trinajstić information content (AvgIpc) is 2.40. The molecule has 4 nitrogen and oxygen atoms in total. The number of anilines is 1. The van der Waals surface area contributed by atoms with Crippen molar-refractivity contribution in [3.63, 3.8) is 0 Å². The van der Waals surface area contributed by atoms with Crippen LogP contribution in [0.4, 0.5) is 10.1 Å². The summed E-state index contributed by atoms with van der Waals surface area (Å²) < 4.78 is 13.6. The molecule has 2 aromatic carbocycles. The quantitative estimate of drug-likeness (QED) is 0.886. The van der Waals surface area contributed by atoms with E-state index in [9.17, 15) is 14.0 Å². The predicted octanol–water partition coefficient (Wildman–Crippen LogP) is 3.47. The number of carboxylic acid groups (broad SMARTS) is 1. The summed E-state index contributed by atoms with van der Waals surface area (Å²) in [6.45, 7) is 0. The second-order valence-electron chi connectivity index (χ2n) is 4.35. The first-order valence-electron chi connectivity index (χ1n) is 6.03. The molecule has 0 aliphatic rings. The van der Waals surface area contributed by atoms with Gasteiger partial charge in [0.05, 0.1) is 17.7 Å². The Balaban J connectivity index is 2.15. The number of aromatic carboxylic acids is 1. The zero-order chi connectivity index (χ0) is 15.4. The molecule has 2 aromatic rings. The number of carbonyl (C=O) groups excluding carboxylic acids is 1. The molecule has 0 saturated heterocycles. The molecule has 0 bridgehead atoms. The second kappa shape index (κ2) is 6.49. The SMILES string of the molecule is O=C(Cc1cccc(F)c1)Nc1ccc(Br)cc1C(=O)O. The molecule has 0 unspecified atom stereocenters. The molecule has 0 atom stereocenters. The predicted molar refractivity (Wildman–Crippen MR) is 79.8 cm³/mol. The maximum Gasteiger partial charge on any atom is 0.337 e. The van der Waals surface area contributed by atoms with Crippen LogP contribution in [0.25, 0.3) is 0 Å². The Hall–Kier alpha value is -2.21. The molecule has 0 aromatic heterocycles. The van der Waals surface area contributed by atoms with Crippen LogP contribution in [-0.4, -0.2) is 17.0 Å². The van der Waals surface area contributed by atoms with Crippen LogP contribution in [0.5, 0.6) is 0 Å². The zero-order valence-corrected chi connectivity index (χ0v) is 12.4. The number of nitrogens with one attached hydrogen (secondary N) is 1. The number of carboxylic acids is 1. The Labute approximate surface area is 128 Å². The van der Waals surface area contributed by atoms with E-state index in [2.05, 4.69) is 21.2 Å². The van der Waals surface area contributed by atoms with Gasteiger partial charge in [0, 0.05) is 4.47 Å². The van der Waals surface area contributed by atoms with Crippen molar-refractivity contribution in [1.29, 1.82) is 0 Å². The van der Waals surface area contributed by atoms with Crippen LogP contribution >= 0.6 is 15.9 Å². The number of hydrogen-bond acceptors (Lipinski definition) is 2. The van der Waals surface area contributed by atoms with Crippen LogP contribution in [0.1, 0.15) is 15.9 Å². The molecule has 0 saturated carbocycles. The van der Waals surface area contributed by atoms with Crippen molar-refractivity contribution in [1.82, 2.24) is 0 Å². The van der Waals surface area contributed by atoms with Gasteiger partial charge >= 0.3 is 5.97 Å². The third kappa shape index (κ3) is 4.13. The Morgan fingerprint density at radius 3 is 2.62 bits per heavy atom. The molecule has 108 valence electrons. The molecule has 0 aliphatic carbocycles. The average molecular weight is 352 g/mol. The molecule has 0 radical (unpaired) electrons. The van der Waals surface area contributed by atoms with Gasteiger partial charge in [0.1, 0.15) is 5.82 Å². The molecule has 0 heterocycles. The maximum atomic E-state index is 13.0. The van der Waals surface area contributed by atoms with Crippen LogP contribution in [0.15, 0.2) is 46.9 Å². The molecule has 1 amide bonds. The Morgan fingerprint density at radius 1 is 1.19 bits per heavy atom. The standard InChI is InChI=1S/C15H11BrFNO3/c16-10-4-5-13(12(8-10)15(20)21)18-14(19)7-9-2-1-3-11(17)6-9/h1-6,8H,7H2,(H,18,19)(H,20,21). The van der Waals surface area contributed by atoms with Crippen LogP contribution in [-0.2, 0) is 11.2 Å². The highest BCUT2D eigenvalue weighted by molar-refractivity contribution is 9.10. The van der Waals surface area contributed by atoms with Gasteiger partial charge in [-0.2, -0.15) is 0 Å². The summed E-state index contributed by atoms with van der Waals surface area (Å²) in [5, 5.41) is 11.6. The first-order chi connectivity index (χ1) is 9.95. The molecule has 2 rings (SSSR count).